The summed E-state index contributed by atoms with van der Waals surface area (Å²) in [6, 6.07) is 6.46. The number of nitrogens with one attached hydrogen (secondary N) is 1. The Kier molecular flexibility index (Phi) is 2.81. The summed E-state index contributed by atoms with van der Waals surface area (Å²) in [5.41, 5.74) is 2.40. The summed E-state index contributed by atoms with van der Waals surface area (Å²) in [7, 11) is 0. The van der Waals surface area contributed by atoms with Crippen molar-refractivity contribution >= 4 is 11.7 Å². The van der Waals surface area contributed by atoms with Crippen LogP contribution in [0.4, 0.5) is 5.95 Å². The number of rotatable bonds is 1. The van der Waals surface area contributed by atoms with E-state index in [1.165, 1.54) is 0 Å². The van der Waals surface area contributed by atoms with Gasteiger partial charge in [-0.25, -0.2) is 0 Å². The number of phenolic OH excluding ortho intramolecular Hbond substituents is 1. The van der Waals surface area contributed by atoms with Gasteiger partial charge in [0, 0.05) is 17.7 Å². The Morgan fingerprint density at radius 2 is 2.00 bits per heavy atom. The van der Waals surface area contributed by atoms with Gasteiger partial charge in [0.25, 0.3) is 0 Å². The van der Waals surface area contributed by atoms with E-state index in [4.69, 9.17) is 0 Å². The molecule has 0 spiro atoms. The molecule has 4 rings (SSSR count). The van der Waals surface area contributed by atoms with Crippen molar-refractivity contribution in [3.63, 3.8) is 0 Å². The lowest BCUT2D eigenvalue weighted by Gasteiger charge is -2.37. The molecule has 1 aromatic heterocycles. The van der Waals surface area contributed by atoms with Crippen molar-refractivity contribution in [2.45, 2.75) is 32.7 Å². The highest BCUT2D eigenvalue weighted by atomic mass is 16.3. The summed E-state index contributed by atoms with van der Waals surface area (Å²) >= 11 is 0. The number of allylic oxidation sites excluding steroid dienone is 2. The zero-order valence-corrected chi connectivity index (χ0v) is 12.9. The highest BCUT2D eigenvalue weighted by Crippen LogP contribution is 2.44. The minimum absolute atomic E-state index is 0.0853. The lowest BCUT2D eigenvalue weighted by Crippen LogP contribution is -2.36. The lowest BCUT2D eigenvalue weighted by atomic mass is 9.73. The standard InChI is InChI=1S/C16H17N5O2/c1-16(2)7-11-13(12(23)8-16)14(9-3-5-10(22)6-4-9)21-15(17-11)18-19-20-21/h3-6,14,22H,7-8H2,1-2H3,(H,17,18,20). The van der Waals surface area contributed by atoms with Gasteiger partial charge >= 0.3 is 0 Å². The van der Waals surface area contributed by atoms with Crippen LogP contribution in [0.25, 0.3) is 0 Å². The predicted octanol–water partition coefficient (Wildman–Crippen LogP) is 2.04. The number of Topliss-reactive ketones (excluding diaryl/α,β-unsaturated/α-hetero) is 1. The second-order valence-corrected chi connectivity index (χ2v) is 6.90. The van der Waals surface area contributed by atoms with Crippen molar-refractivity contribution in [1.29, 1.82) is 0 Å². The number of hydrogen-bond acceptors (Lipinski definition) is 6. The monoisotopic (exact) mass is 311 g/mol. The molecule has 2 aliphatic rings. The zero-order chi connectivity index (χ0) is 16.2. The maximum absolute atomic E-state index is 12.8. The molecule has 118 valence electrons. The maximum Gasteiger partial charge on any atom is 0.248 e. The largest absolute Gasteiger partial charge is 0.508 e. The number of fused-ring (bicyclic) bond motifs is 1. The van der Waals surface area contributed by atoms with Gasteiger partial charge in [-0.1, -0.05) is 31.1 Å². The number of tetrazole rings is 1. The number of nitrogens with zero attached hydrogens (tertiary/aromatic N) is 4. The Morgan fingerprint density at radius 1 is 1.26 bits per heavy atom. The number of carbonyl (C=O) groups is 1. The number of benzene rings is 1. The van der Waals surface area contributed by atoms with E-state index >= 15 is 0 Å². The Hall–Kier alpha value is -2.70. The predicted molar refractivity (Wildman–Crippen MR) is 82.7 cm³/mol. The van der Waals surface area contributed by atoms with E-state index in [2.05, 4.69) is 34.7 Å². The number of phenols is 1. The molecule has 1 aliphatic heterocycles. The van der Waals surface area contributed by atoms with Crippen molar-refractivity contribution in [2.75, 3.05) is 5.32 Å². The first-order chi connectivity index (χ1) is 10.9. The van der Waals surface area contributed by atoms with Gasteiger partial charge < -0.3 is 10.4 Å². The van der Waals surface area contributed by atoms with Crippen molar-refractivity contribution in [3.05, 3.63) is 41.1 Å². The minimum Gasteiger partial charge on any atom is -0.508 e. The molecule has 0 bridgehead atoms. The summed E-state index contributed by atoms with van der Waals surface area (Å²) in [5, 5.41) is 24.5. The van der Waals surface area contributed by atoms with Gasteiger partial charge in [0.1, 0.15) is 11.8 Å². The second kappa shape index (κ2) is 4.65. The molecule has 0 saturated heterocycles. The third-order valence-corrected chi connectivity index (χ3v) is 4.40. The van der Waals surface area contributed by atoms with E-state index < -0.39 is 0 Å². The van der Waals surface area contributed by atoms with Crippen LogP contribution in [0, 0.1) is 5.41 Å². The number of aromatic nitrogens is 4. The molecule has 0 saturated carbocycles. The first-order valence-corrected chi connectivity index (χ1v) is 7.55. The third-order valence-electron chi connectivity index (χ3n) is 4.40. The van der Waals surface area contributed by atoms with Crippen LogP contribution >= 0.6 is 0 Å². The molecule has 2 aromatic rings. The van der Waals surface area contributed by atoms with E-state index in [0.717, 1.165) is 23.3 Å². The average Bonchev–Trinajstić information content (AvgIpc) is 2.92. The molecule has 1 aromatic carbocycles. The van der Waals surface area contributed by atoms with Crippen LogP contribution in [0.5, 0.6) is 5.75 Å². The SMILES string of the molecule is CC1(C)CC(=O)C2=C(C1)Nc1nnnn1C2c1ccc(O)cc1. The van der Waals surface area contributed by atoms with Gasteiger partial charge in [0.15, 0.2) is 5.78 Å². The quantitative estimate of drug-likeness (QED) is 0.837. The molecule has 0 radical (unpaired) electrons. The molecule has 7 heteroatoms. The Bertz CT molecular complexity index is 819. The van der Waals surface area contributed by atoms with E-state index in [0.29, 0.717) is 12.4 Å². The molecule has 1 aliphatic carbocycles. The van der Waals surface area contributed by atoms with Crippen LogP contribution in [0.15, 0.2) is 35.5 Å². The topological polar surface area (TPSA) is 92.9 Å². The van der Waals surface area contributed by atoms with E-state index in [1.54, 1.807) is 28.9 Å². The summed E-state index contributed by atoms with van der Waals surface area (Å²) in [4.78, 5) is 12.8. The van der Waals surface area contributed by atoms with Crippen LogP contribution in [0.3, 0.4) is 0 Å². The summed E-state index contributed by atoms with van der Waals surface area (Å²) in [5.74, 6) is 0.834. The summed E-state index contributed by atoms with van der Waals surface area (Å²) in [6.45, 7) is 4.17. The van der Waals surface area contributed by atoms with Gasteiger partial charge in [0.05, 0.1) is 0 Å². The van der Waals surface area contributed by atoms with Gasteiger partial charge in [-0.15, -0.1) is 0 Å². The molecule has 2 N–H and O–H groups in total. The molecule has 0 fully saturated rings. The second-order valence-electron chi connectivity index (χ2n) is 6.90. The average molecular weight is 311 g/mol. The van der Waals surface area contributed by atoms with Gasteiger partial charge in [0.2, 0.25) is 5.95 Å². The summed E-state index contributed by atoms with van der Waals surface area (Å²) in [6.07, 6.45) is 1.27. The Balaban J connectivity index is 1.89. The van der Waals surface area contributed by atoms with Gasteiger partial charge in [-0.2, -0.15) is 4.68 Å². The first kappa shape index (κ1) is 13.9. The van der Waals surface area contributed by atoms with Crippen LogP contribution in [0.2, 0.25) is 0 Å². The number of anilines is 1. The smallest absolute Gasteiger partial charge is 0.248 e. The van der Waals surface area contributed by atoms with Gasteiger partial charge in [-0.05, 0) is 40.0 Å². The Morgan fingerprint density at radius 3 is 2.74 bits per heavy atom. The number of carbonyl (C=O) groups excluding carboxylic acids is 1. The molecule has 0 amide bonds. The van der Waals surface area contributed by atoms with Crippen LogP contribution < -0.4 is 5.32 Å². The van der Waals surface area contributed by atoms with Crippen LogP contribution in [-0.4, -0.2) is 31.1 Å². The number of hydrogen-bond donors (Lipinski definition) is 2. The fourth-order valence-corrected chi connectivity index (χ4v) is 3.44. The lowest BCUT2D eigenvalue weighted by molar-refractivity contribution is -0.118. The van der Waals surface area contributed by atoms with E-state index in [1.807, 2.05) is 0 Å². The van der Waals surface area contributed by atoms with Crippen molar-refractivity contribution in [3.8, 4) is 5.75 Å². The number of aromatic hydroxyl groups is 1. The van der Waals surface area contributed by atoms with Crippen molar-refractivity contribution in [1.82, 2.24) is 20.2 Å². The van der Waals surface area contributed by atoms with Crippen LogP contribution in [0.1, 0.15) is 38.3 Å². The zero-order valence-electron chi connectivity index (χ0n) is 12.9. The summed E-state index contributed by atoms with van der Waals surface area (Å²) < 4.78 is 1.63. The van der Waals surface area contributed by atoms with E-state index in [-0.39, 0.29) is 23.0 Å². The van der Waals surface area contributed by atoms with Crippen molar-refractivity contribution < 1.29 is 9.90 Å². The van der Waals surface area contributed by atoms with Crippen molar-refractivity contribution in [2.24, 2.45) is 5.41 Å². The van der Waals surface area contributed by atoms with Gasteiger partial charge in [-0.3, -0.25) is 4.79 Å². The third kappa shape index (κ3) is 2.19. The fraction of sp³-hybridized carbons (Fsp3) is 0.375. The molecule has 23 heavy (non-hydrogen) atoms. The first-order valence-electron chi connectivity index (χ1n) is 7.55. The molecule has 1 unspecified atom stereocenters. The molecule has 7 nitrogen and oxygen atoms in total. The number of ketones is 1. The molecule has 1 atom stereocenters. The normalized spacial score (nSPS) is 22.3. The molecule has 2 heterocycles. The van der Waals surface area contributed by atoms with E-state index in [9.17, 15) is 9.90 Å². The maximum atomic E-state index is 12.8. The van der Waals surface area contributed by atoms with Crippen LogP contribution in [-0.2, 0) is 4.79 Å². The highest BCUT2D eigenvalue weighted by Gasteiger charge is 2.41. The molecular weight excluding hydrogens is 294 g/mol. The Labute approximate surface area is 133 Å². The highest BCUT2D eigenvalue weighted by molar-refractivity contribution is 6.00. The fourth-order valence-electron chi connectivity index (χ4n) is 3.44. The minimum atomic E-state index is -0.361. The molecular formula is C16H17N5O2.